The first kappa shape index (κ1) is 19.9. The Morgan fingerprint density at radius 3 is 2.86 bits per heavy atom. The average Bonchev–Trinajstić information content (AvgIpc) is 3.08. The summed E-state index contributed by atoms with van der Waals surface area (Å²) in [6.45, 7) is 6.08. The number of benzene rings is 1. The molecule has 7 nitrogen and oxygen atoms in total. The lowest BCUT2D eigenvalue weighted by atomic mass is 9.91. The average molecular weight is 403 g/mol. The molecule has 0 fully saturated rings. The number of aromatic amines is 1. The number of H-pyrrole nitrogens is 1. The molecule has 0 bridgehead atoms. The van der Waals surface area contributed by atoms with Crippen molar-refractivity contribution in [2.75, 3.05) is 6.61 Å². The summed E-state index contributed by atoms with van der Waals surface area (Å²) in [5.41, 5.74) is 1.87. The quantitative estimate of drug-likeness (QED) is 0.530. The van der Waals surface area contributed by atoms with Crippen LogP contribution in [0.5, 0.6) is 5.75 Å². The number of nitrogens with one attached hydrogen (secondary N) is 2. The van der Waals surface area contributed by atoms with Gasteiger partial charge in [0.1, 0.15) is 12.4 Å². The lowest BCUT2D eigenvalue weighted by Gasteiger charge is -2.31. The fraction of sp³-hybridized carbons (Fsp3) is 0.350. The van der Waals surface area contributed by atoms with Crippen molar-refractivity contribution in [1.82, 2.24) is 20.5 Å². The third kappa shape index (κ3) is 4.54. The molecule has 1 atom stereocenters. The van der Waals surface area contributed by atoms with Crippen LogP contribution in [-0.2, 0) is 0 Å². The van der Waals surface area contributed by atoms with Gasteiger partial charge in [0.05, 0.1) is 16.8 Å². The Bertz CT molecular complexity index is 988. The van der Waals surface area contributed by atoms with E-state index in [0.717, 1.165) is 16.5 Å². The van der Waals surface area contributed by atoms with Gasteiger partial charge in [-0.3, -0.25) is 5.10 Å². The maximum atomic E-state index is 11.2. The van der Waals surface area contributed by atoms with Crippen molar-refractivity contribution in [3.63, 3.8) is 0 Å². The Hall–Kier alpha value is -2.80. The summed E-state index contributed by atoms with van der Waals surface area (Å²) in [5, 5.41) is 19.9. The van der Waals surface area contributed by atoms with Crippen molar-refractivity contribution >= 4 is 28.7 Å². The van der Waals surface area contributed by atoms with Gasteiger partial charge in [0.25, 0.3) is 0 Å². The van der Waals surface area contributed by atoms with Crippen LogP contribution in [0.4, 0.5) is 4.79 Å². The summed E-state index contributed by atoms with van der Waals surface area (Å²) in [6.07, 6.45) is 3.01. The maximum absolute atomic E-state index is 11.2. The number of rotatable bonds is 7. The number of hydrogen-bond donors (Lipinski definition) is 3. The maximum Gasteiger partial charge on any atom is 0.405 e. The zero-order valence-electron chi connectivity index (χ0n) is 16.0. The molecular formula is C20H23ClN4O3. The van der Waals surface area contributed by atoms with Crippen molar-refractivity contribution in [3.05, 3.63) is 41.7 Å². The molecule has 1 amide bonds. The third-order valence-electron chi connectivity index (χ3n) is 4.41. The van der Waals surface area contributed by atoms with Crippen LogP contribution in [0.25, 0.3) is 22.2 Å². The minimum Gasteiger partial charge on any atom is -0.490 e. The molecule has 28 heavy (non-hydrogen) atoms. The molecule has 0 aliphatic heterocycles. The molecule has 3 rings (SSSR count). The fourth-order valence-electron chi connectivity index (χ4n) is 3.43. The van der Waals surface area contributed by atoms with Crippen LogP contribution in [-0.4, -0.2) is 38.5 Å². The second-order valence-corrected chi connectivity index (χ2v) is 7.92. The minimum atomic E-state index is -1.07. The Kier molecular flexibility index (Phi) is 5.74. The number of ether oxygens (including phenoxy) is 1. The molecule has 8 heteroatoms. The topological polar surface area (TPSA) is 100 Å². The number of pyridine rings is 1. The highest BCUT2D eigenvalue weighted by atomic mass is 35.5. The van der Waals surface area contributed by atoms with E-state index in [9.17, 15) is 4.79 Å². The summed E-state index contributed by atoms with van der Waals surface area (Å²) in [4.78, 5) is 15.4. The van der Waals surface area contributed by atoms with Crippen LogP contribution in [0.15, 0.2) is 36.7 Å². The normalized spacial score (nSPS) is 13.5. The Morgan fingerprint density at radius 1 is 1.39 bits per heavy atom. The van der Waals surface area contributed by atoms with Gasteiger partial charge >= 0.3 is 6.09 Å². The fourth-order valence-corrected chi connectivity index (χ4v) is 3.67. The van der Waals surface area contributed by atoms with E-state index in [1.54, 1.807) is 18.5 Å². The van der Waals surface area contributed by atoms with Gasteiger partial charge in [-0.2, -0.15) is 5.10 Å². The SMILES string of the molecule is CC(C)CC(C)(COc1ccc(-c2ccnc3[nH]ncc23)cc1Cl)NC(=O)O. The molecule has 0 saturated heterocycles. The van der Waals surface area contributed by atoms with E-state index in [4.69, 9.17) is 21.4 Å². The van der Waals surface area contributed by atoms with E-state index in [1.165, 1.54) is 0 Å². The molecule has 0 radical (unpaired) electrons. The van der Waals surface area contributed by atoms with Crippen LogP contribution >= 0.6 is 11.6 Å². The monoisotopic (exact) mass is 402 g/mol. The number of carbonyl (C=O) groups is 1. The van der Waals surface area contributed by atoms with E-state index in [0.29, 0.717) is 28.8 Å². The van der Waals surface area contributed by atoms with Gasteiger partial charge < -0.3 is 15.2 Å². The molecule has 148 valence electrons. The molecular weight excluding hydrogens is 380 g/mol. The van der Waals surface area contributed by atoms with Crippen LogP contribution in [0.3, 0.4) is 0 Å². The van der Waals surface area contributed by atoms with E-state index in [2.05, 4.69) is 20.5 Å². The number of carboxylic acid groups (broad SMARTS) is 1. The van der Waals surface area contributed by atoms with Gasteiger partial charge in [-0.05, 0) is 48.6 Å². The molecule has 3 aromatic rings. The Morgan fingerprint density at radius 2 is 2.18 bits per heavy atom. The molecule has 0 aliphatic rings. The number of aromatic nitrogens is 3. The van der Waals surface area contributed by atoms with E-state index in [-0.39, 0.29) is 6.61 Å². The van der Waals surface area contributed by atoms with E-state index < -0.39 is 11.6 Å². The molecule has 0 aliphatic carbocycles. The summed E-state index contributed by atoms with van der Waals surface area (Å²) < 4.78 is 5.88. The number of fused-ring (bicyclic) bond motifs is 1. The molecule has 1 unspecified atom stereocenters. The van der Waals surface area contributed by atoms with Gasteiger partial charge in [-0.1, -0.05) is 31.5 Å². The summed E-state index contributed by atoms with van der Waals surface area (Å²) in [5.74, 6) is 0.812. The number of hydrogen-bond acceptors (Lipinski definition) is 4. The minimum absolute atomic E-state index is 0.178. The largest absolute Gasteiger partial charge is 0.490 e. The van der Waals surface area contributed by atoms with Crippen LogP contribution in [0.1, 0.15) is 27.2 Å². The highest BCUT2D eigenvalue weighted by molar-refractivity contribution is 6.32. The van der Waals surface area contributed by atoms with Crippen molar-refractivity contribution < 1.29 is 14.6 Å². The second-order valence-electron chi connectivity index (χ2n) is 7.51. The number of halogens is 1. The summed E-state index contributed by atoms with van der Waals surface area (Å²) in [6, 6.07) is 7.43. The highest BCUT2D eigenvalue weighted by Gasteiger charge is 2.29. The number of amides is 1. The molecule has 3 N–H and O–H groups in total. The molecule has 0 saturated carbocycles. The van der Waals surface area contributed by atoms with Crippen LogP contribution in [0, 0.1) is 5.92 Å². The number of nitrogens with zero attached hydrogens (tertiary/aromatic N) is 2. The smallest absolute Gasteiger partial charge is 0.405 e. The lowest BCUT2D eigenvalue weighted by Crippen LogP contribution is -2.50. The molecule has 0 spiro atoms. The van der Waals surface area contributed by atoms with Crippen molar-refractivity contribution in [3.8, 4) is 16.9 Å². The molecule has 1 aromatic carbocycles. The molecule has 2 heterocycles. The summed E-state index contributed by atoms with van der Waals surface area (Å²) in [7, 11) is 0. The first-order valence-corrected chi connectivity index (χ1v) is 9.37. The zero-order valence-corrected chi connectivity index (χ0v) is 16.7. The third-order valence-corrected chi connectivity index (χ3v) is 4.71. The lowest BCUT2D eigenvalue weighted by molar-refractivity contribution is 0.143. The first-order chi connectivity index (χ1) is 13.3. The van der Waals surface area contributed by atoms with Crippen LogP contribution < -0.4 is 10.1 Å². The predicted molar refractivity (Wildman–Crippen MR) is 109 cm³/mol. The zero-order chi connectivity index (χ0) is 20.3. The Labute approximate surface area is 168 Å². The van der Waals surface area contributed by atoms with Gasteiger partial charge in [0.2, 0.25) is 0 Å². The predicted octanol–water partition coefficient (Wildman–Crippen LogP) is 4.73. The second kappa shape index (κ2) is 8.06. The van der Waals surface area contributed by atoms with E-state index in [1.807, 2.05) is 39.0 Å². The Balaban J connectivity index is 1.81. The van der Waals surface area contributed by atoms with E-state index >= 15 is 0 Å². The van der Waals surface area contributed by atoms with Gasteiger partial charge in [0, 0.05) is 11.6 Å². The standard InChI is InChI=1S/C20H23ClN4O3/c1-12(2)9-20(3,24-19(26)27)11-28-17-5-4-13(8-16(17)21)14-6-7-22-18-15(14)10-23-25-18/h4-8,10,12,24H,9,11H2,1-3H3,(H,26,27)(H,22,23,25). The van der Waals surface area contributed by atoms with Crippen LogP contribution in [0.2, 0.25) is 5.02 Å². The van der Waals surface area contributed by atoms with Crippen molar-refractivity contribution in [2.45, 2.75) is 32.7 Å². The van der Waals surface area contributed by atoms with Crippen molar-refractivity contribution in [1.29, 1.82) is 0 Å². The van der Waals surface area contributed by atoms with Crippen molar-refractivity contribution in [2.24, 2.45) is 5.92 Å². The van der Waals surface area contributed by atoms with Gasteiger partial charge in [-0.15, -0.1) is 0 Å². The highest BCUT2D eigenvalue weighted by Crippen LogP contribution is 2.33. The first-order valence-electron chi connectivity index (χ1n) is 8.99. The summed E-state index contributed by atoms with van der Waals surface area (Å²) >= 11 is 6.44. The van der Waals surface area contributed by atoms with Gasteiger partial charge in [-0.25, -0.2) is 9.78 Å². The van der Waals surface area contributed by atoms with Gasteiger partial charge in [0.15, 0.2) is 5.65 Å². The molecule has 2 aromatic heterocycles.